The number of nitrogens with zero attached hydrogens (tertiary/aromatic N) is 4. The zero-order valence-corrected chi connectivity index (χ0v) is 33.0. The summed E-state index contributed by atoms with van der Waals surface area (Å²) in [5.74, 6) is 2.64. The lowest BCUT2D eigenvalue weighted by molar-refractivity contribution is -0.135. The van der Waals surface area contributed by atoms with Gasteiger partial charge in [0.15, 0.2) is 0 Å². The normalized spacial score (nSPS) is 15.0. The van der Waals surface area contributed by atoms with Gasteiger partial charge in [-0.05, 0) is 92.8 Å². The monoisotopic (exact) mass is 737 g/mol. The first kappa shape index (κ1) is 38.6. The first-order chi connectivity index (χ1) is 26.0. The van der Waals surface area contributed by atoms with Crippen LogP contribution in [-0.4, -0.2) is 73.4 Å². The van der Waals surface area contributed by atoms with Crippen molar-refractivity contribution in [3.8, 4) is 39.4 Å². The van der Waals surface area contributed by atoms with E-state index in [2.05, 4.69) is 83.0 Å². The van der Waals surface area contributed by atoms with E-state index in [9.17, 15) is 14.4 Å². The van der Waals surface area contributed by atoms with E-state index in [-0.39, 0.29) is 36.5 Å². The molecule has 2 unspecified atom stereocenters. The third-order valence-electron chi connectivity index (χ3n) is 11.3. The Balaban J connectivity index is 1.22. The lowest BCUT2D eigenvalue weighted by atomic mass is 9.86. The minimum atomic E-state index is -0.642. The van der Waals surface area contributed by atoms with Gasteiger partial charge in [-0.25, -0.2) is 14.8 Å². The number of carbonyl (C=O) groups excluding carboxylic acids is 3. The van der Waals surface area contributed by atoms with Crippen molar-refractivity contribution >= 4 is 17.9 Å². The summed E-state index contributed by atoms with van der Waals surface area (Å²) >= 11 is 0. The number of ether oxygens (including phenoxy) is 2. The molecule has 3 N–H and O–H groups in total. The smallest absolute Gasteiger partial charge is 0.407 e. The van der Waals surface area contributed by atoms with E-state index in [1.54, 1.807) is 4.90 Å². The van der Waals surface area contributed by atoms with E-state index >= 15 is 0 Å². The molecule has 12 nitrogen and oxygen atoms in total. The summed E-state index contributed by atoms with van der Waals surface area (Å²) in [6.45, 7) is 15.2. The highest BCUT2D eigenvalue weighted by molar-refractivity contribution is 5.84. The summed E-state index contributed by atoms with van der Waals surface area (Å²) in [5.41, 5.74) is 9.46. The SMILES string of the molecule is CCC(C)CC(=O)N(Cc1ncc(-c2ccc3c(c2)COc2cc4c(cc2-3)CCc2nc(C(C)N(C(=O)CNC(=O)OC)[C@@H](C)CC)[nH]c2-4)[nH]1)[C@@H](C)CC. The number of H-pyrrole nitrogens is 2. The molecule has 2 aromatic heterocycles. The predicted octanol–water partition coefficient (Wildman–Crippen LogP) is 7.73. The second kappa shape index (κ2) is 16.5. The van der Waals surface area contributed by atoms with Crippen molar-refractivity contribution in [2.75, 3.05) is 13.7 Å². The molecule has 0 bridgehead atoms. The van der Waals surface area contributed by atoms with Gasteiger partial charge in [0.2, 0.25) is 11.8 Å². The number of aromatic amines is 2. The van der Waals surface area contributed by atoms with E-state index < -0.39 is 6.09 Å². The minimum absolute atomic E-state index is 0.0624. The molecule has 2 aliphatic rings. The number of methoxy groups -OCH3 is 1. The Labute approximate surface area is 318 Å². The summed E-state index contributed by atoms with van der Waals surface area (Å²) in [5, 5.41) is 2.52. The molecular weight excluding hydrogens is 683 g/mol. The van der Waals surface area contributed by atoms with Gasteiger partial charge in [-0.1, -0.05) is 46.2 Å². The van der Waals surface area contributed by atoms with Gasteiger partial charge in [0.1, 0.15) is 30.5 Å². The summed E-state index contributed by atoms with van der Waals surface area (Å²) in [4.78, 5) is 58.6. The van der Waals surface area contributed by atoms with Crippen LogP contribution in [0.2, 0.25) is 0 Å². The van der Waals surface area contributed by atoms with Crippen molar-refractivity contribution in [2.45, 2.75) is 118 Å². The second-order valence-electron chi connectivity index (χ2n) is 14.9. The summed E-state index contributed by atoms with van der Waals surface area (Å²) in [6.07, 6.45) is 5.99. The largest absolute Gasteiger partial charge is 0.488 e. The molecule has 54 heavy (non-hydrogen) atoms. The summed E-state index contributed by atoms with van der Waals surface area (Å²) < 4.78 is 11.1. The molecule has 0 radical (unpaired) electrons. The molecular formula is C42H55N7O5. The van der Waals surface area contributed by atoms with Crippen molar-refractivity contribution in [1.82, 2.24) is 35.1 Å². The van der Waals surface area contributed by atoms with Crippen LogP contribution in [0, 0.1) is 5.92 Å². The van der Waals surface area contributed by atoms with Crippen molar-refractivity contribution in [2.24, 2.45) is 5.92 Å². The maximum Gasteiger partial charge on any atom is 0.407 e. The van der Waals surface area contributed by atoms with Crippen LogP contribution in [0.15, 0.2) is 36.5 Å². The number of aromatic nitrogens is 4. The van der Waals surface area contributed by atoms with Crippen LogP contribution in [0.4, 0.5) is 4.79 Å². The van der Waals surface area contributed by atoms with Gasteiger partial charge >= 0.3 is 6.09 Å². The van der Waals surface area contributed by atoms with Gasteiger partial charge in [-0.3, -0.25) is 9.59 Å². The zero-order chi connectivity index (χ0) is 38.7. The molecule has 3 heterocycles. The number of alkyl carbamates (subject to hydrolysis) is 1. The van der Waals surface area contributed by atoms with Gasteiger partial charge in [0.05, 0.1) is 43.0 Å². The number of hydrogen-bond acceptors (Lipinski definition) is 7. The Morgan fingerprint density at radius 3 is 2.41 bits per heavy atom. The molecule has 6 rings (SSSR count). The van der Waals surface area contributed by atoms with Crippen molar-refractivity contribution < 1.29 is 23.9 Å². The lowest BCUT2D eigenvalue weighted by Gasteiger charge is -2.33. The van der Waals surface area contributed by atoms with Crippen LogP contribution in [0.1, 0.15) is 109 Å². The van der Waals surface area contributed by atoms with Crippen molar-refractivity contribution in [1.29, 1.82) is 0 Å². The van der Waals surface area contributed by atoms with E-state index in [1.165, 1.54) is 12.7 Å². The van der Waals surface area contributed by atoms with Gasteiger partial charge in [0, 0.05) is 29.6 Å². The number of aryl methyl sites for hydroxylation is 2. The molecule has 1 aliphatic carbocycles. The van der Waals surface area contributed by atoms with Gasteiger partial charge in [-0.2, -0.15) is 0 Å². The molecule has 3 amide bonds. The Hall–Kier alpha value is -5.13. The third-order valence-corrected chi connectivity index (χ3v) is 11.3. The summed E-state index contributed by atoms with van der Waals surface area (Å²) in [7, 11) is 1.28. The molecule has 288 valence electrons. The molecule has 1 aliphatic heterocycles. The summed E-state index contributed by atoms with van der Waals surface area (Å²) in [6, 6.07) is 10.6. The van der Waals surface area contributed by atoms with Crippen LogP contribution in [0.25, 0.3) is 33.6 Å². The van der Waals surface area contributed by atoms with Crippen LogP contribution in [0.3, 0.4) is 0 Å². The molecule has 4 atom stereocenters. The van der Waals surface area contributed by atoms with Gasteiger partial charge < -0.3 is 34.6 Å². The van der Waals surface area contributed by atoms with E-state index in [0.717, 1.165) is 88.6 Å². The fraction of sp³-hybridized carbons (Fsp3) is 0.500. The topological polar surface area (TPSA) is 146 Å². The average Bonchev–Trinajstić information content (AvgIpc) is 3.85. The highest BCUT2D eigenvalue weighted by Gasteiger charge is 2.31. The first-order valence-electron chi connectivity index (χ1n) is 19.4. The van der Waals surface area contributed by atoms with E-state index in [0.29, 0.717) is 31.3 Å². The molecule has 4 aromatic rings. The standard InChI is InChI=1S/C42H55N7O5/c1-9-24(4)16-38(50)48(25(5)10-2)22-37-43-20-35(45-37)29-12-14-31-30(17-29)23-54-36-19-32-28(18-33(31)36)13-15-34-40(32)47-41(46-34)27(7)49(26(6)11-3)39(51)21-44-42(52)53-8/h12,14,17-20,24-27H,9-11,13,15-16,21-23H2,1-8H3,(H,43,45)(H,44,52)(H,46,47)/t24?,25-,26-,27?/m0/s1. The zero-order valence-electron chi connectivity index (χ0n) is 33.0. The maximum absolute atomic E-state index is 13.3. The fourth-order valence-electron chi connectivity index (χ4n) is 7.48. The second-order valence-corrected chi connectivity index (χ2v) is 14.9. The van der Waals surface area contributed by atoms with Crippen molar-refractivity contribution in [3.63, 3.8) is 0 Å². The van der Waals surface area contributed by atoms with Gasteiger partial charge in [-0.15, -0.1) is 0 Å². The van der Waals surface area contributed by atoms with Crippen LogP contribution in [0.5, 0.6) is 5.75 Å². The van der Waals surface area contributed by atoms with E-state index in [1.807, 2.05) is 31.9 Å². The predicted molar refractivity (Wildman–Crippen MR) is 209 cm³/mol. The third kappa shape index (κ3) is 7.88. The first-order valence-corrected chi connectivity index (χ1v) is 19.4. The molecule has 0 fully saturated rings. The van der Waals surface area contributed by atoms with Crippen LogP contribution >= 0.6 is 0 Å². The molecule has 0 saturated carbocycles. The lowest BCUT2D eigenvalue weighted by Crippen LogP contribution is -2.45. The fourth-order valence-corrected chi connectivity index (χ4v) is 7.48. The Morgan fingerprint density at radius 1 is 0.907 bits per heavy atom. The van der Waals surface area contributed by atoms with Crippen molar-refractivity contribution in [3.05, 3.63) is 65.0 Å². The average molecular weight is 738 g/mol. The minimum Gasteiger partial charge on any atom is -0.488 e. The molecule has 2 aromatic carbocycles. The number of carbonyl (C=O) groups is 3. The Kier molecular flexibility index (Phi) is 11.8. The number of imidazole rings is 2. The van der Waals surface area contributed by atoms with E-state index in [4.69, 9.17) is 9.72 Å². The Morgan fingerprint density at radius 2 is 1.69 bits per heavy atom. The quantitative estimate of drug-likeness (QED) is 0.120. The number of benzene rings is 2. The molecule has 0 spiro atoms. The highest BCUT2D eigenvalue weighted by atomic mass is 16.5. The number of nitrogens with one attached hydrogen (secondary N) is 3. The maximum atomic E-state index is 13.3. The molecule has 0 saturated heterocycles. The highest BCUT2D eigenvalue weighted by Crippen LogP contribution is 2.45. The Bertz CT molecular complexity index is 2000. The molecule has 12 heteroatoms. The van der Waals surface area contributed by atoms with Crippen LogP contribution < -0.4 is 10.1 Å². The number of hydrogen-bond donors (Lipinski definition) is 3. The van der Waals surface area contributed by atoms with Gasteiger partial charge in [0.25, 0.3) is 0 Å². The number of rotatable bonds is 14. The van der Waals surface area contributed by atoms with Crippen LogP contribution in [-0.2, 0) is 40.3 Å². The number of fused-ring (bicyclic) bond motifs is 6. The number of amides is 3.